The van der Waals surface area contributed by atoms with Crippen molar-refractivity contribution in [1.82, 2.24) is 15.6 Å². The van der Waals surface area contributed by atoms with E-state index >= 15 is 0 Å². The molecular formula is C18H20N4O10S. The third-order valence-electron chi connectivity index (χ3n) is 5.51. The van der Waals surface area contributed by atoms with E-state index in [1.54, 1.807) is 0 Å². The number of sulfone groups is 1. The maximum absolute atomic E-state index is 12.8. The molecule has 4 atom stereocenters. The Morgan fingerprint density at radius 3 is 2.52 bits per heavy atom. The van der Waals surface area contributed by atoms with Gasteiger partial charge in [0.1, 0.15) is 16.2 Å². The minimum atomic E-state index is -4.18. The van der Waals surface area contributed by atoms with Crippen LogP contribution in [0.5, 0.6) is 11.5 Å². The lowest BCUT2D eigenvalue weighted by Gasteiger charge is -2.35. The number of nitrogens with one attached hydrogen (secondary N) is 2. The summed E-state index contributed by atoms with van der Waals surface area (Å²) in [6, 6.07) is -0.173. The number of phenols is 2. The zero-order chi connectivity index (χ0) is 24.7. The van der Waals surface area contributed by atoms with Crippen molar-refractivity contribution >= 4 is 39.7 Å². The number of carboxylic acid groups (broad SMARTS) is 1. The molecule has 14 nitrogen and oxygen atoms in total. The largest absolute Gasteiger partial charge is 0.504 e. The van der Waals surface area contributed by atoms with E-state index in [0.29, 0.717) is 6.21 Å². The SMILES string of the molecule is C[C@]1(/C=N/NC(=O)[C@H](CO)NC(=O)c2ccc(O)c(O)c2)[C@H](C(=O)O)N2C(=O)C[C@H]2S1(=O)=O. The van der Waals surface area contributed by atoms with Gasteiger partial charge in [-0.2, -0.15) is 5.10 Å². The van der Waals surface area contributed by atoms with Crippen molar-refractivity contribution < 1.29 is 48.0 Å². The van der Waals surface area contributed by atoms with E-state index < -0.39 is 73.8 Å². The first kappa shape index (κ1) is 23.9. The van der Waals surface area contributed by atoms with Gasteiger partial charge >= 0.3 is 5.97 Å². The van der Waals surface area contributed by atoms with Crippen LogP contribution in [0.4, 0.5) is 0 Å². The zero-order valence-electron chi connectivity index (χ0n) is 17.0. The molecule has 3 amide bonds. The van der Waals surface area contributed by atoms with Gasteiger partial charge in [0.05, 0.1) is 13.0 Å². The van der Waals surface area contributed by atoms with Gasteiger partial charge in [0.2, 0.25) is 5.91 Å². The van der Waals surface area contributed by atoms with Crippen LogP contribution in [0, 0.1) is 0 Å². The van der Waals surface area contributed by atoms with Gasteiger partial charge in [-0.1, -0.05) is 0 Å². The highest BCUT2D eigenvalue weighted by molar-refractivity contribution is 7.94. The number of aliphatic carboxylic acids is 1. The number of benzene rings is 1. The number of phenolic OH excluding ortho intramolecular Hbond substituents is 2. The maximum Gasteiger partial charge on any atom is 0.328 e. The standard InChI is InChI=1S/C18H20N4O10S/c1-18(14(17(29)30)22-12(26)5-13(22)33(18,31)32)7-19-21-16(28)9(6-23)20-15(27)8-2-3-10(24)11(25)4-8/h2-4,7,9,13-14,23-25H,5-6H2,1H3,(H,20,27)(H,21,28)(H,29,30)/b19-7+/t9-,13+,14-,18-/m0/s1. The molecule has 0 aromatic heterocycles. The molecule has 33 heavy (non-hydrogen) atoms. The minimum Gasteiger partial charge on any atom is -0.504 e. The number of β-lactam (4-membered cyclic amide) rings is 1. The molecular weight excluding hydrogens is 464 g/mol. The maximum atomic E-state index is 12.8. The number of aliphatic hydroxyl groups is 1. The fourth-order valence-electron chi connectivity index (χ4n) is 3.61. The Bertz CT molecular complexity index is 1170. The molecule has 2 heterocycles. The van der Waals surface area contributed by atoms with Gasteiger partial charge in [0.15, 0.2) is 27.4 Å². The monoisotopic (exact) mass is 484 g/mol. The number of aromatic hydroxyl groups is 2. The van der Waals surface area contributed by atoms with Crippen LogP contribution in [0.1, 0.15) is 23.7 Å². The van der Waals surface area contributed by atoms with Crippen molar-refractivity contribution in [2.45, 2.75) is 35.5 Å². The summed E-state index contributed by atoms with van der Waals surface area (Å²) in [5, 5.41) is 42.0. The Morgan fingerprint density at radius 1 is 1.30 bits per heavy atom. The molecule has 178 valence electrons. The van der Waals surface area contributed by atoms with E-state index in [9.17, 15) is 48.0 Å². The number of carbonyl (C=O) groups is 4. The molecule has 3 rings (SSSR count). The van der Waals surface area contributed by atoms with Crippen LogP contribution in [0.15, 0.2) is 23.3 Å². The lowest BCUT2D eigenvalue weighted by atomic mass is 9.97. The molecule has 2 saturated heterocycles. The molecule has 2 aliphatic heterocycles. The van der Waals surface area contributed by atoms with Crippen molar-refractivity contribution in [3.8, 4) is 11.5 Å². The van der Waals surface area contributed by atoms with Crippen LogP contribution in [-0.4, -0.2) is 92.5 Å². The van der Waals surface area contributed by atoms with Gasteiger partial charge in [-0.25, -0.2) is 18.6 Å². The Labute approximate surface area is 186 Å². The van der Waals surface area contributed by atoms with E-state index in [1.165, 1.54) is 0 Å². The molecule has 0 aliphatic carbocycles. The van der Waals surface area contributed by atoms with E-state index in [-0.39, 0.29) is 12.0 Å². The molecule has 0 bridgehead atoms. The third kappa shape index (κ3) is 3.84. The van der Waals surface area contributed by atoms with Crippen molar-refractivity contribution in [3.05, 3.63) is 23.8 Å². The summed E-state index contributed by atoms with van der Waals surface area (Å²) in [6.45, 7) is 0.180. The Kier molecular flexibility index (Phi) is 6.04. The fourth-order valence-corrected chi connectivity index (χ4v) is 5.82. The molecule has 1 aromatic carbocycles. The van der Waals surface area contributed by atoms with Crippen LogP contribution in [0.3, 0.4) is 0 Å². The van der Waals surface area contributed by atoms with Crippen molar-refractivity contribution in [1.29, 1.82) is 0 Å². The predicted molar refractivity (Wildman–Crippen MR) is 109 cm³/mol. The van der Waals surface area contributed by atoms with E-state index in [4.69, 9.17) is 0 Å². The average Bonchev–Trinajstić information content (AvgIpc) is 2.88. The van der Waals surface area contributed by atoms with Crippen LogP contribution in [0.25, 0.3) is 0 Å². The first-order chi connectivity index (χ1) is 15.3. The molecule has 0 saturated carbocycles. The summed E-state index contributed by atoms with van der Waals surface area (Å²) >= 11 is 0. The van der Waals surface area contributed by atoms with Gasteiger partial charge in [-0.15, -0.1) is 0 Å². The fraction of sp³-hybridized carbons (Fsp3) is 0.389. The van der Waals surface area contributed by atoms with Crippen molar-refractivity contribution in [2.24, 2.45) is 5.10 Å². The first-order valence-electron chi connectivity index (χ1n) is 9.40. The number of hydrogen-bond acceptors (Lipinski definition) is 10. The molecule has 0 unspecified atom stereocenters. The lowest BCUT2D eigenvalue weighted by Crippen LogP contribution is -2.57. The quantitative estimate of drug-likeness (QED) is 0.103. The molecule has 0 spiro atoms. The minimum absolute atomic E-state index is 0.136. The predicted octanol–water partition coefficient (Wildman–Crippen LogP) is -2.51. The Morgan fingerprint density at radius 2 is 1.97 bits per heavy atom. The third-order valence-corrected chi connectivity index (χ3v) is 8.18. The normalized spacial score (nSPS) is 26.4. The smallest absolute Gasteiger partial charge is 0.328 e. The molecule has 2 fully saturated rings. The Balaban J connectivity index is 1.73. The van der Waals surface area contributed by atoms with Gasteiger partial charge in [0, 0.05) is 11.8 Å². The summed E-state index contributed by atoms with van der Waals surface area (Å²) in [5.41, 5.74) is 1.79. The van der Waals surface area contributed by atoms with Crippen molar-refractivity contribution in [3.63, 3.8) is 0 Å². The van der Waals surface area contributed by atoms with E-state index in [0.717, 1.165) is 30.0 Å². The number of hydrazone groups is 1. The second-order valence-corrected chi connectivity index (χ2v) is 10.1. The highest BCUT2D eigenvalue weighted by atomic mass is 32.2. The summed E-state index contributed by atoms with van der Waals surface area (Å²) in [4.78, 5) is 48.7. The van der Waals surface area contributed by atoms with Crippen LogP contribution in [0.2, 0.25) is 0 Å². The number of aliphatic hydroxyl groups excluding tert-OH is 1. The van der Waals surface area contributed by atoms with Crippen LogP contribution >= 0.6 is 0 Å². The number of hydrogen-bond donors (Lipinski definition) is 6. The second kappa shape index (κ2) is 8.32. The lowest BCUT2D eigenvalue weighted by molar-refractivity contribution is -0.156. The number of carbonyl (C=O) groups excluding carboxylic acids is 3. The van der Waals surface area contributed by atoms with Gasteiger partial charge in [0.25, 0.3) is 11.8 Å². The number of fused-ring (bicyclic) bond motifs is 1. The summed E-state index contributed by atoms with van der Waals surface area (Å²) in [6.07, 6.45) is 0.340. The second-order valence-electron chi connectivity index (χ2n) is 7.58. The molecule has 1 aromatic rings. The van der Waals surface area contributed by atoms with Gasteiger partial charge < -0.3 is 30.6 Å². The number of rotatable bonds is 7. The summed E-state index contributed by atoms with van der Waals surface area (Å²) < 4.78 is 23.4. The highest BCUT2D eigenvalue weighted by Crippen LogP contribution is 2.45. The molecule has 2 aliphatic rings. The summed E-state index contributed by atoms with van der Waals surface area (Å²) in [7, 11) is -4.18. The molecule has 0 radical (unpaired) electrons. The Hall–Kier alpha value is -3.72. The van der Waals surface area contributed by atoms with E-state index in [2.05, 4.69) is 10.4 Å². The molecule has 6 N–H and O–H groups in total. The zero-order valence-corrected chi connectivity index (χ0v) is 17.8. The highest BCUT2D eigenvalue weighted by Gasteiger charge is 2.69. The van der Waals surface area contributed by atoms with E-state index in [1.807, 2.05) is 5.43 Å². The number of nitrogens with zero attached hydrogens (tertiary/aromatic N) is 2. The van der Waals surface area contributed by atoms with Crippen LogP contribution < -0.4 is 10.7 Å². The topological polar surface area (TPSA) is 223 Å². The number of carboxylic acids is 1. The van der Waals surface area contributed by atoms with Gasteiger partial charge in [-0.05, 0) is 25.1 Å². The van der Waals surface area contributed by atoms with Crippen molar-refractivity contribution in [2.75, 3.05) is 6.61 Å². The van der Waals surface area contributed by atoms with Crippen LogP contribution in [-0.2, 0) is 24.2 Å². The van der Waals surface area contributed by atoms with Gasteiger partial charge in [-0.3, -0.25) is 14.4 Å². The molecule has 15 heteroatoms. The first-order valence-corrected chi connectivity index (χ1v) is 10.9. The number of amides is 3. The average molecular weight is 484 g/mol. The summed E-state index contributed by atoms with van der Waals surface area (Å²) in [5.74, 6) is -5.20.